The van der Waals surface area contributed by atoms with E-state index in [0.717, 1.165) is 0 Å². The van der Waals surface area contributed by atoms with Crippen LogP contribution in [-0.4, -0.2) is 0 Å². The van der Waals surface area contributed by atoms with E-state index in [1.54, 1.807) is 12.1 Å². The summed E-state index contributed by atoms with van der Waals surface area (Å²) in [6.45, 7) is 4.19. The zero-order valence-corrected chi connectivity index (χ0v) is 9.64. The van der Waals surface area contributed by atoms with Gasteiger partial charge in [-0.1, -0.05) is 53.6 Å². The molecule has 0 fully saturated rings. The first kappa shape index (κ1) is 12.1. The van der Waals surface area contributed by atoms with Crippen LogP contribution in [0.4, 0.5) is 5.69 Å². The summed E-state index contributed by atoms with van der Waals surface area (Å²) in [5.41, 5.74) is 9.93. The topological polar surface area (TPSA) is 36.2 Å². The Hall–Kier alpha value is -1.96. The minimum absolute atomic E-state index is 0.701. The van der Waals surface area contributed by atoms with E-state index in [9.17, 15) is 0 Å². The summed E-state index contributed by atoms with van der Waals surface area (Å²) in [4.78, 5) is 0. The molecule has 0 aliphatic rings. The SMILES string of the molecule is Cc1ccc(C)cc1.N=Nc1ccccc1. The van der Waals surface area contributed by atoms with Gasteiger partial charge in [-0.2, -0.15) is 5.11 Å². The Labute approximate surface area is 96.5 Å². The zero-order chi connectivity index (χ0) is 11.8. The molecule has 1 N–H and O–H groups in total. The van der Waals surface area contributed by atoms with E-state index in [4.69, 9.17) is 5.53 Å². The number of hydrogen-bond donors (Lipinski definition) is 1. The second kappa shape index (κ2) is 6.51. The Morgan fingerprint density at radius 3 is 1.50 bits per heavy atom. The van der Waals surface area contributed by atoms with Crippen molar-refractivity contribution in [3.05, 3.63) is 65.7 Å². The van der Waals surface area contributed by atoms with Crippen molar-refractivity contribution in [2.45, 2.75) is 13.8 Å². The van der Waals surface area contributed by atoms with Crippen LogP contribution in [0.1, 0.15) is 11.1 Å². The lowest BCUT2D eigenvalue weighted by atomic mass is 10.2. The van der Waals surface area contributed by atoms with Crippen LogP contribution < -0.4 is 0 Å². The summed E-state index contributed by atoms with van der Waals surface area (Å²) >= 11 is 0. The minimum Gasteiger partial charge on any atom is -0.204 e. The molecule has 0 atom stereocenters. The van der Waals surface area contributed by atoms with Crippen molar-refractivity contribution >= 4 is 5.69 Å². The van der Waals surface area contributed by atoms with Crippen LogP contribution >= 0.6 is 0 Å². The van der Waals surface area contributed by atoms with Crippen LogP contribution in [0.3, 0.4) is 0 Å². The molecule has 0 unspecified atom stereocenters. The van der Waals surface area contributed by atoms with Gasteiger partial charge in [-0.25, -0.2) is 5.53 Å². The lowest BCUT2D eigenvalue weighted by molar-refractivity contribution is 1.15. The molecule has 2 aromatic rings. The molecule has 2 rings (SSSR count). The fourth-order valence-electron chi connectivity index (χ4n) is 1.14. The van der Waals surface area contributed by atoms with Gasteiger partial charge in [-0.3, -0.25) is 0 Å². The van der Waals surface area contributed by atoms with E-state index in [1.165, 1.54) is 11.1 Å². The van der Waals surface area contributed by atoms with E-state index in [-0.39, 0.29) is 0 Å². The number of nitrogens with zero attached hydrogens (tertiary/aromatic N) is 1. The molecule has 2 aromatic carbocycles. The Bertz CT molecular complexity index is 397. The van der Waals surface area contributed by atoms with Gasteiger partial charge in [0.1, 0.15) is 0 Å². The van der Waals surface area contributed by atoms with E-state index in [0.29, 0.717) is 5.69 Å². The molecule has 16 heavy (non-hydrogen) atoms. The van der Waals surface area contributed by atoms with Gasteiger partial charge in [0.15, 0.2) is 0 Å². The van der Waals surface area contributed by atoms with Gasteiger partial charge in [0.2, 0.25) is 0 Å². The molecule has 0 aliphatic carbocycles. The number of benzene rings is 2. The van der Waals surface area contributed by atoms with Crippen molar-refractivity contribution in [3.8, 4) is 0 Å². The predicted molar refractivity (Wildman–Crippen MR) is 67.2 cm³/mol. The molecule has 0 bridgehead atoms. The molecule has 0 amide bonds. The van der Waals surface area contributed by atoms with Crippen LogP contribution in [0.15, 0.2) is 59.7 Å². The van der Waals surface area contributed by atoms with Crippen molar-refractivity contribution in [1.29, 1.82) is 5.53 Å². The van der Waals surface area contributed by atoms with E-state index < -0.39 is 0 Å². The first-order valence-electron chi connectivity index (χ1n) is 5.18. The summed E-state index contributed by atoms with van der Waals surface area (Å²) in [5.74, 6) is 0. The molecule has 0 saturated heterocycles. The maximum absolute atomic E-state index is 6.57. The molecular weight excluding hydrogens is 196 g/mol. The molecule has 0 aliphatic heterocycles. The standard InChI is InChI=1S/C8H10.C6H6N2/c1-7-3-5-8(2)6-4-7;7-8-6-4-2-1-3-5-6/h3-6H,1-2H3;1-5,7H. The second-order valence-electron chi connectivity index (χ2n) is 3.60. The number of nitrogens with one attached hydrogen (secondary N) is 1. The largest absolute Gasteiger partial charge is 0.204 e. The number of aryl methyl sites for hydroxylation is 2. The van der Waals surface area contributed by atoms with Gasteiger partial charge in [0.25, 0.3) is 0 Å². The first-order chi connectivity index (χ1) is 7.72. The van der Waals surface area contributed by atoms with Gasteiger partial charge in [-0.05, 0) is 26.0 Å². The van der Waals surface area contributed by atoms with Crippen molar-refractivity contribution < 1.29 is 0 Å². The lowest BCUT2D eigenvalue weighted by Crippen LogP contribution is -1.70. The van der Waals surface area contributed by atoms with Crippen molar-refractivity contribution in [3.63, 3.8) is 0 Å². The fourth-order valence-corrected chi connectivity index (χ4v) is 1.14. The van der Waals surface area contributed by atoms with Gasteiger partial charge in [0.05, 0.1) is 5.69 Å². The predicted octanol–water partition coefficient (Wildman–Crippen LogP) is 4.65. The molecule has 2 nitrogen and oxygen atoms in total. The summed E-state index contributed by atoms with van der Waals surface area (Å²) in [6.07, 6.45) is 0. The van der Waals surface area contributed by atoms with Crippen LogP contribution in [0, 0.1) is 19.4 Å². The van der Waals surface area contributed by atoms with Crippen LogP contribution in [0.5, 0.6) is 0 Å². The minimum atomic E-state index is 0.701. The number of hydrogen-bond acceptors (Lipinski definition) is 2. The summed E-state index contributed by atoms with van der Waals surface area (Å²) in [5, 5.41) is 3.22. The van der Waals surface area contributed by atoms with Crippen molar-refractivity contribution in [2.24, 2.45) is 5.11 Å². The Morgan fingerprint density at radius 2 is 1.19 bits per heavy atom. The third kappa shape index (κ3) is 4.51. The van der Waals surface area contributed by atoms with E-state index >= 15 is 0 Å². The van der Waals surface area contributed by atoms with Crippen LogP contribution in [0.2, 0.25) is 0 Å². The molecule has 2 heteroatoms. The quantitative estimate of drug-likeness (QED) is 0.668. The maximum Gasteiger partial charge on any atom is 0.0849 e. The van der Waals surface area contributed by atoms with Crippen LogP contribution in [-0.2, 0) is 0 Å². The summed E-state index contributed by atoms with van der Waals surface area (Å²) in [7, 11) is 0. The van der Waals surface area contributed by atoms with Crippen molar-refractivity contribution in [2.75, 3.05) is 0 Å². The average molecular weight is 212 g/mol. The molecule has 0 heterocycles. The third-order valence-electron chi connectivity index (χ3n) is 2.10. The highest BCUT2D eigenvalue weighted by Crippen LogP contribution is 2.07. The van der Waals surface area contributed by atoms with Crippen LogP contribution in [0.25, 0.3) is 0 Å². The fraction of sp³-hybridized carbons (Fsp3) is 0.143. The normalized spacial score (nSPS) is 8.88. The maximum atomic E-state index is 6.57. The van der Waals surface area contributed by atoms with Gasteiger partial charge >= 0.3 is 0 Å². The van der Waals surface area contributed by atoms with E-state index in [1.807, 2.05) is 18.2 Å². The van der Waals surface area contributed by atoms with Gasteiger partial charge in [-0.15, -0.1) is 0 Å². The molecule has 82 valence electrons. The Balaban J connectivity index is 0.000000160. The summed E-state index contributed by atoms with van der Waals surface area (Å²) in [6, 6.07) is 17.7. The van der Waals surface area contributed by atoms with E-state index in [2.05, 4.69) is 43.2 Å². The molecular formula is C14H16N2. The monoisotopic (exact) mass is 212 g/mol. The first-order valence-corrected chi connectivity index (χ1v) is 5.18. The second-order valence-corrected chi connectivity index (χ2v) is 3.60. The van der Waals surface area contributed by atoms with Gasteiger partial charge < -0.3 is 0 Å². The Kier molecular flexibility index (Phi) is 4.93. The van der Waals surface area contributed by atoms with Crippen molar-refractivity contribution in [1.82, 2.24) is 0 Å². The molecule has 0 spiro atoms. The van der Waals surface area contributed by atoms with Gasteiger partial charge in [0, 0.05) is 0 Å². The third-order valence-corrected chi connectivity index (χ3v) is 2.10. The number of para-hydroxylation sites is 1. The average Bonchev–Trinajstić information content (AvgIpc) is 2.35. The highest BCUT2D eigenvalue weighted by molar-refractivity contribution is 5.34. The zero-order valence-electron chi connectivity index (χ0n) is 9.64. The summed E-state index contributed by atoms with van der Waals surface area (Å²) < 4.78 is 0. The highest BCUT2D eigenvalue weighted by Gasteiger charge is 1.80. The molecule has 0 saturated carbocycles. The number of rotatable bonds is 1. The molecule has 0 aromatic heterocycles. The molecule has 0 radical (unpaired) electrons. The Morgan fingerprint density at radius 1 is 0.750 bits per heavy atom. The smallest absolute Gasteiger partial charge is 0.0849 e. The lowest BCUT2D eigenvalue weighted by Gasteiger charge is -1.90. The highest BCUT2D eigenvalue weighted by atomic mass is 14.9.